The van der Waals surface area contributed by atoms with Gasteiger partial charge in [0.25, 0.3) is 0 Å². The number of esters is 3. The number of unbranched alkanes of at least 4 members (excludes halogenated alkanes) is 44. The Hall–Kier alpha value is -2.89. The Bertz CT molecular complexity index is 1430. The van der Waals surface area contributed by atoms with Crippen molar-refractivity contribution in [2.24, 2.45) is 0 Å². The van der Waals surface area contributed by atoms with Crippen molar-refractivity contribution in [3.63, 3.8) is 0 Å². The van der Waals surface area contributed by atoms with Crippen molar-refractivity contribution < 1.29 is 28.6 Å². The van der Waals surface area contributed by atoms with Crippen molar-refractivity contribution in [2.75, 3.05) is 13.2 Å². The van der Waals surface area contributed by atoms with Gasteiger partial charge in [-0.25, -0.2) is 0 Å². The highest BCUT2D eigenvalue weighted by molar-refractivity contribution is 5.71. The molecule has 0 N–H and O–H groups in total. The zero-order chi connectivity index (χ0) is 57.8. The molecule has 0 aromatic carbocycles. The second-order valence-corrected chi connectivity index (χ2v) is 23.8. The number of carbonyl (C=O) groups is 3. The molecular formula is C74H134O6. The van der Waals surface area contributed by atoms with Gasteiger partial charge in [0.2, 0.25) is 0 Å². The zero-order valence-electron chi connectivity index (χ0n) is 53.6. The highest BCUT2D eigenvalue weighted by atomic mass is 16.6. The van der Waals surface area contributed by atoms with Crippen LogP contribution >= 0.6 is 0 Å². The van der Waals surface area contributed by atoms with Gasteiger partial charge >= 0.3 is 17.9 Å². The lowest BCUT2D eigenvalue weighted by atomic mass is 10.0. The first-order chi connectivity index (χ1) is 39.5. The van der Waals surface area contributed by atoms with Crippen LogP contribution in [-0.2, 0) is 28.6 Å². The highest BCUT2D eigenvalue weighted by Crippen LogP contribution is 2.18. The van der Waals surface area contributed by atoms with E-state index in [1.165, 1.54) is 244 Å². The van der Waals surface area contributed by atoms with Gasteiger partial charge in [0, 0.05) is 19.3 Å². The maximum Gasteiger partial charge on any atom is 0.306 e. The Kier molecular flexibility index (Phi) is 66.1. The largest absolute Gasteiger partial charge is 0.462 e. The number of hydrogen-bond donors (Lipinski definition) is 0. The molecule has 80 heavy (non-hydrogen) atoms. The molecule has 0 spiro atoms. The van der Waals surface area contributed by atoms with Crippen LogP contribution in [0.1, 0.15) is 374 Å². The summed E-state index contributed by atoms with van der Waals surface area (Å²) >= 11 is 0. The fourth-order valence-electron chi connectivity index (χ4n) is 10.5. The van der Waals surface area contributed by atoms with E-state index in [1.54, 1.807) is 0 Å². The molecule has 0 amide bonds. The molecule has 6 heteroatoms. The van der Waals surface area contributed by atoms with Crippen molar-refractivity contribution in [1.82, 2.24) is 0 Å². The van der Waals surface area contributed by atoms with Gasteiger partial charge in [-0.05, 0) is 64.2 Å². The molecule has 0 aliphatic rings. The summed E-state index contributed by atoms with van der Waals surface area (Å²) in [5.74, 6) is -0.841. The maximum atomic E-state index is 12.9. The molecule has 0 saturated heterocycles. The fraction of sp³-hybridized carbons (Fsp3) is 0.824. The van der Waals surface area contributed by atoms with Gasteiger partial charge in [-0.3, -0.25) is 14.4 Å². The van der Waals surface area contributed by atoms with Crippen molar-refractivity contribution in [3.05, 3.63) is 60.8 Å². The van der Waals surface area contributed by atoms with Crippen LogP contribution in [0.3, 0.4) is 0 Å². The van der Waals surface area contributed by atoms with Gasteiger partial charge in [0.15, 0.2) is 6.10 Å². The van der Waals surface area contributed by atoms with Crippen LogP contribution < -0.4 is 0 Å². The number of allylic oxidation sites excluding steroid dienone is 10. The molecule has 0 bridgehead atoms. The van der Waals surface area contributed by atoms with E-state index < -0.39 is 6.10 Å². The third-order valence-electron chi connectivity index (χ3n) is 15.8. The molecule has 1 atom stereocenters. The Morgan fingerprint density at radius 1 is 0.263 bits per heavy atom. The molecule has 0 rings (SSSR count). The van der Waals surface area contributed by atoms with Gasteiger partial charge in [-0.1, -0.05) is 351 Å². The van der Waals surface area contributed by atoms with Gasteiger partial charge in [-0.2, -0.15) is 0 Å². The summed E-state index contributed by atoms with van der Waals surface area (Å²) in [6, 6.07) is 0. The quantitative estimate of drug-likeness (QED) is 0.0261. The summed E-state index contributed by atoms with van der Waals surface area (Å²) in [5.41, 5.74) is 0. The maximum absolute atomic E-state index is 12.9. The average Bonchev–Trinajstić information content (AvgIpc) is 3.46. The Balaban J connectivity index is 4.09. The summed E-state index contributed by atoms with van der Waals surface area (Å²) < 4.78 is 17.0. The molecule has 0 aliphatic heterocycles. The Morgan fingerprint density at radius 3 is 0.762 bits per heavy atom. The molecule has 1 unspecified atom stereocenters. The predicted molar refractivity (Wildman–Crippen MR) is 348 cm³/mol. The van der Waals surface area contributed by atoms with Crippen molar-refractivity contribution in [1.29, 1.82) is 0 Å². The third-order valence-corrected chi connectivity index (χ3v) is 15.8. The molecule has 0 aromatic heterocycles. The number of carbonyl (C=O) groups excluding carboxylic acids is 3. The first kappa shape index (κ1) is 77.1. The molecular weight excluding hydrogens is 985 g/mol. The van der Waals surface area contributed by atoms with Crippen molar-refractivity contribution in [3.8, 4) is 0 Å². The molecule has 0 aliphatic carbocycles. The second-order valence-electron chi connectivity index (χ2n) is 23.8. The molecule has 0 heterocycles. The normalized spacial score (nSPS) is 12.4. The van der Waals surface area contributed by atoms with Gasteiger partial charge in [0.1, 0.15) is 13.2 Å². The summed E-state index contributed by atoms with van der Waals surface area (Å²) in [5, 5.41) is 0. The lowest BCUT2D eigenvalue weighted by Crippen LogP contribution is -2.30. The first-order valence-electron chi connectivity index (χ1n) is 35.3. The Morgan fingerprint density at radius 2 is 0.487 bits per heavy atom. The molecule has 466 valence electrons. The lowest BCUT2D eigenvalue weighted by Gasteiger charge is -2.18. The van der Waals surface area contributed by atoms with E-state index in [0.717, 1.165) is 89.9 Å². The summed E-state index contributed by atoms with van der Waals surface area (Å²) in [7, 11) is 0. The topological polar surface area (TPSA) is 78.9 Å². The van der Waals surface area contributed by atoms with Crippen LogP contribution in [0.15, 0.2) is 60.8 Å². The molecule has 0 fully saturated rings. The van der Waals surface area contributed by atoms with Crippen LogP contribution in [0.2, 0.25) is 0 Å². The average molecular weight is 1120 g/mol. The fourth-order valence-corrected chi connectivity index (χ4v) is 10.5. The van der Waals surface area contributed by atoms with E-state index in [4.69, 9.17) is 14.2 Å². The zero-order valence-corrected chi connectivity index (χ0v) is 53.6. The smallest absolute Gasteiger partial charge is 0.306 e. The number of ether oxygens (including phenoxy) is 3. The van der Waals surface area contributed by atoms with E-state index in [1.807, 2.05) is 0 Å². The van der Waals surface area contributed by atoms with E-state index in [9.17, 15) is 14.4 Å². The molecule has 0 radical (unpaired) electrons. The first-order valence-corrected chi connectivity index (χ1v) is 35.3. The molecule has 0 saturated carbocycles. The number of rotatable bonds is 65. The van der Waals surface area contributed by atoms with Gasteiger partial charge in [0.05, 0.1) is 0 Å². The van der Waals surface area contributed by atoms with Crippen LogP contribution in [0.5, 0.6) is 0 Å². The Labute approximate surface area is 498 Å². The molecule has 0 aromatic rings. The van der Waals surface area contributed by atoms with Crippen LogP contribution in [-0.4, -0.2) is 37.2 Å². The van der Waals surface area contributed by atoms with Crippen molar-refractivity contribution in [2.45, 2.75) is 380 Å². The monoisotopic (exact) mass is 1120 g/mol. The molecule has 6 nitrogen and oxygen atoms in total. The van der Waals surface area contributed by atoms with Gasteiger partial charge in [-0.15, -0.1) is 0 Å². The minimum absolute atomic E-state index is 0.0664. The van der Waals surface area contributed by atoms with E-state index in [-0.39, 0.29) is 31.1 Å². The van der Waals surface area contributed by atoms with Crippen LogP contribution in [0.4, 0.5) is 0 Å². The van der Waals surface area contributed by atoms with Gasteiger partial charge < -0.3 is 14.2 Å². The van der Waals surface area contributed by atoms with Crippen molar-refractivity contribution >= 4 is 17.9 Å². The highest BCUT2D eigenvalue weighted by Gasteiger charge is 2.19. The third kappa shape index (κ3) is 65.9. The summed E-state index contributed by atoms with van der Waals surface area (Å²) in [6.07, 6.45) is 88.3. The van der Waals surface area contributed by atoms with Crippen LogP contribution in [0, 0.1) is 0 Å². The lowest BCUT2D eigenvalue weighted by molar-refractivity contribution is -0.167. The van der Waals surface area contributed by atoms with Crippen LogP contribution in [0.25, 0.3) is 0 Å². The summed E-state index contributed by atoms with van der Waals surface area (Å²) in [6.45, 7) is 6.58. The van der Waals surface area contributed by atoms with E-state index in [0.29, 0.717) is 19.3 Å². The summed E-state index contributed by atoms with van der Waals surface area (Å²) in [4.78, 5) is 38.3. The standard InChI is InChI=1S/C74H134O6/c1-4-7-10-13-16-19-22-24-26-28-30-31-32-33-34-35-36-37-38-39-40-41-42-43-45-46-48-50-52-55-58-61-64-67-73(76)79-70-71(69-78-72(75)66-63-60-57-54-21-18-15-12-9-6-3)80-74(77)68-65-62-59-56-53-51-49-47-44-29-27-25-23-20-17-14-11-8-5-2/h7,10,16,19,24,26,30-31,33-34,71H,4-6,8-9,11-15,17-18,20-23,25,27-29,32,35-70H2,1-3H3/b10-7-,19-16-,26-24-,31-30-,34-33-. The second kappa shape index (κ2) is 68.6. The minimum atomic E-state index is -0.768. The SMILES string of the molecule is CC/C=C\C/C=C\C/C=C\C/C=C\C/C=C\CCCCCCCCCCCCCCCCCCCC(=O)OCC(COC(=O)CCCCCCCCCCCC)OC(=O)CCCCCCCCCCCCCCCCCCCCC. The minimum Gasteiger partial charge on any atom is -0.462 e. The number of hydrogen-bond acceptors (Lipinski definition) is 6. The van der Waals surface area contributed by atoms with E-state index >= 15 is 0 Å². The van der Waals surface area contributed by atoms with E-state index in [2.05, 4.69) is 81.5 Å². The predicted octanol–water partition coefficient (Wildman–Crippen LogP) is 24.3.